The molecule has 4 aromatic rings. The second kappa shape index (κ2) is 7.51. The van der Waals surface area contributed by atoms with Crippen LogP contribution in [0.4, 0.5) is 0 Å². The van der Waals surface area contributed by atoms with Gasteiger partial charge in [0.25, 0.3) is 0 Å². The van der Waals surface area contributed by atoms with Gasteiger partial charge in [-0.25, -0.2) is 4.98 Å². The average Bonchev–Trinajstić information content (AvgIpc) is 3.05. The predicted octanol–water partition coefficient (Wildman–Crippen LogP) is 5.65. The van der Waals surface area contributed by atoms with Gasteiger partial charge in [-0.1, -0.05) is 35.3 Å². The molecule has 0 bridgehead atoms. The number of fused-ring (bicyclic) bond motifs is 1. The Bertz CT molecular complexity index is 1070. The molecule has 0 N–H and O–H groups in total. The summed E-state index contributed by atoms with van der Waals surface area (Å²) in [5.41, 5.74) is 3.53. The maximum Gasteiger partial charge on any atom is 0.176 e. The molecule has 4 nitrogen and oxygen atoms in total. The van der Waals surface area contributed by atoms with Gasteiger partial charge < -0.3 is 9.57 Å². The average molecular weight is 399 g/mol. The number of ether oxygens (including phenoxy) is 1. The molecular weight excluding hydrogens is 383 g/mol. The van der Waals surface area contributed by atoms with Crippen LogP contribution < -0.4 is 9.57 Å². The molecule has 0 aliphatic carbocycles. The summed E-state index contributed by atoms with van der Waals surface area (Å²) < 4.78 is 6.91. The van der Waals surface area contributed by atoms with Crippen LogP contribution in [0, 0.1) is 0 Å². The van der Waals surface area contributed by atoms with Crippen LogP contribution in [0.2, 0.25) is 10.0 Å². The zero-order valence-corrected chi connectivity index (χ0v) is 16.0. The highest BCUT2D eigenvalue weighted by Gasteiger charge is 2.14. The minimum absolute atomic E-state index is 0.378. The number of hydrogen-bond donors (Lipinski definition) is 0. The number of halogens is 2. The van der Waals surface area contributed by atoms with Gasteiger partial charge in [-0.05, 0) is 60.2 Å². The molecule has 0 spiro atoms. The summed E-state index contributed by atoms with van der Waals surface area (Å²) in [5.74, 6) is 1.50. The summed E-state index contributed by atoms with van der Waals surface area (Å²) in [6.45, 7) is 0.378. The molecule has 4 rings (SSSR count). The van der Waals surface area contributed by atoms with Crippen molar-refractivity contribution in [1.29, 1.82) is 0 Å². The lowest BCUT2D eigenvalue weighted by Gasteiger charge is -2.12. The summed E-state index contributed by atoms with van der Waals surface area (Å²) in [4.78, 5) is 10.8. The predicted molar refractivity (Wildman–Crippen MR) is 108 cm³/mol. The quantitative estimate of drug-likeness (QED) is 0.435. The van der Waals surface area contributed by atoms with Gasteiger partial charge in [0.1, 0.15) is 17.9 Å². The number of imidazole rings is 1. The van der Waals surface area contributed by atoms with Crippen molar-refractivity contribution in [2.75, 3.05) is 7.11 Å². The molecule has 1 heterocycles. The number of methoxy groups -OCH3 is 1. The van der Waals surface area contributed by atoms with Crippen molar-refractivity contribution in [3.63, 3.8) is 0 Å². The van der Waals surface area contributed by atoms with Gasteiger partial charge in [0.15, 0.2) is 5.82 Å². The first kappa shape index (κ1) is 17.7. The number of aromatic nitrogens is 2. The minimum Gasteiger partial charge on any atom is -0.497 e. The molecule has 0 radical (unpaired) electrons. The lowest BCUT2D eigenvalue weighted by Crippen LogP contribution is -2.12. The summed E-state index contributed by atoms with van der Waals surface area (Å²) in [6.07, 6.45) is 0. The van der Waals surface area contributed by atoms with Gasteiger partial charge in [-0.2, -0.15) is 4.73 Å². The lowest BCUT2D eigenvalue weighted by molar-refractivity contribution is 0.110. The molecule has 0 saturated heterocycles. The molecule has 0 aliphatic heterocycles. The summed E-state index contributed by atoms with van der Waals surface area (Å²) >= 11 is 12.2. The van der Waals surface area contributed by atoms with E-state index >= 15 is 0 Å². The van der Waals surface area contributed by atoms with Crippen LogP contribution in [-0.4, -0.2) is 16.8 Å². The van der Waals surface area contributed by atoms with Crippen molar-refractivity contribution in [2.24, 2.45) is 0 Å². The van der Waals surface area contributed by atoms with Crippen LogP contribution in [0.25, 0.3) is 22.4 Å². The highest BCUT2D eigenvalue weighted by Crippen LogP contribution is 2.27. The van der Waals surface area contributed by atoms with Crippen molar-refractivity contribution < 1.29 is 9.57 Å². The van der Waals surface area contributed by atoms with Crippen molar-refractivity contribution in [3.8, 4) is 17.1 Å². The van der Waals surface area contributed by atoms with Gasteiger partial charge in [0.2, 0.25) is 0 Å². The third kappa shape index (κ3) is 3.72. The van der Waals surface area contributed by atoms with Crippen LogP contribution in [0.1, 0.15) is 5.56 Å². The van der Waals surface area contributed by atoms with Crippen molar-refractivity contribution in [1.82, 2.24) is 9.71 Å². The van der Waals surface area contributed by atoms with Crippen molar-refractivity contribution >= 4 is 34.2 Å². The molecule has 0 fully saturated rings. The number of rotatable bonds is 5. The zero-order chi connectivity index (χ0) is 18.8. The van der Waals surface area contributed by atoms with Crippen molar-refractivity contribution in [3.05, 3.63) is 82.3 Å². The highest BCUT2D eigenvalue weighted by molar-refractivity contribution is 6.31. The molecule has 27 heavy (non-hydrogen) atoms. The standard InChI is InChI=1S/C21H16Cl2N2O2/c1-26-18-9-2-14(3-10-18)13-27-25-20-12-17(23)8-11-19(20)24-21(25)15-4-6-16(22)7-5-15/h2-12H,13H2,1H3. The molecule has 0 saturated carbocycles. The molecule has 0 aliphatic rings. The van der Waals surface area contributed by atoms with E-state index in [1.807, 2.05) is 66.7 Å². The first-order valence-corrected chi connectivity index (χ1v) is 9.10. The first-order valence-electron chi connectivity index (χ1n) is 8.34. The van der Waals surface area contributed by atoms with E-state index in [-0.39, 0.29) is 0 Å². The molecule has 0 amide bonds. The molecule has 3 aromatic carbocycles. The van der Waals surface area contributed by atoms with Crippen molar-refractivity contribution in [2.45, 2.75) is 6.61 Å². The third-order valence-corrected chi connectivity index (χ3v) is 4.68. The summed E-state index contributed by atoms with van der Waals surface area (Å²) in [7, 11) is 1.64. The van der Waals surface area contributed by atoms with E-state index in [1.54, 1.807) is 11.8 Å². The summed E-state index contributed by atoms with van der Waals surface area (Å²) in [5, 5.41) is 1.29. The Kier molecular flexibility index (Phi) is 4.92. The fourth-order valence-electron chi connectivity index (χ4n) is 2.80. The van der Waals surface area contributed by atoms with Gasteiger partial charge in [0, 0.05) is 15.6 Å². The van der Waals surface area contributed by atoms with E-state index in [1.165, 1.54) is 0 Å². The van der Waals surface area contributed by atoms with E-state index in [2.05, 4.69) is 0 Å². The Morgan fingerprint density at radius 2 is 1.59 bits per heavy atom. The topological polar surface area (TPSA) is 36.3 Å². The molecule has 1 aromatic heterocycles. The maximum absolute atomic E-state index is 6.19. The number of benzene rings is 3. The molecular formula is C21H16Cl2N2O2. The molecule has 0 unspecified atom stereocenters. The van der Waals surface area contributed by atoms with Gasteiger partial charge in [0.05, 0.1) is 12.6 Å². The third-order valence-electron chi connectivity index (χ3n) is 4.20. The normalized spacial score (nSPS) is 10.9. The number of nitrogens with zero attached hydrogens (tertiary/aromatic N) is 2. The van der Waals surface area contributed by atoms with E-state index in [0.717, 1.165) is 27.9 Å². The minimum atomic E-state index is 0.378. The van der Waals surface area contributed by atoms with Crippen LogP contribution in [0.15, 0.2) is 66.7 Å². The van der Waals surface area contributed by atoms with Crippen LogP contribution in [-0.2, 0) is 6.61 Å². The Morgan fingerprint density at radius 3 is 2.30 bits per heavy atom. The van der Waals surface area contributed by atoms with Gasteiger partial charge >= 0.3 is 0 Å². The van der Waals surface area contributed by atoms with E-state index < -0.39 is 0 Å². The first-order chi connectivity index (χ1) is 13.1. The largest absolute Gasteiger partial charge is 0.497 e. The second-order valence-electron chi connectivity index (χ2n) is 5.99. The Morgan fingerprint density at radius 1 is 0.889 bits per heavy atom. The smallest absolute Gasteiger partial charge is 0.176 e. The molecule has 0 atom stereocenters. The maximum atomic E-state index is 6.19. The van der Waals surface area contributed by atoms with E-state index in [9.17, 15) is 0 Å². The lowest BCUT2D eigenvalue weighted by atomic mass is 10.2. The SMILES string of the molecule is COc1ccc(COn2c(-c3ccc(Cl)cc3)nc3ccc(Cl)cc32)cc1. The number of hydrogen-bond acceptors (Lipinski definition) is 3. The van der Waals surface area contributed by atoms with E-state index in [4.69, 9.17) is 37.8 Å². The highest BCUT2D eigenvalue weighted by atomic mass is 35.5. The van der Waals surface area contributed by atoms with Crippen LogP contribution in [0.3, 0.4) is 0 Å². The van der Waals surface area contributed by atoms with Gasteiger partial charge in [-0.15, -0.1) is 0 Å². The van der Waals surface area contributed by atoms with E-state index in [0.29, 0.717) is 22.5 Å². The van der Waals surface area contributed by atoms with Gasteiger partial charge in [-0.3, -0.25) is 0 Å². The Labute approximate surface area is 166 Å². The fraction of sp³-hybridized carbons (Fsp3) is 0.0952. The Hall–Kier alpha value is -2.69. The zero-order valence-electron chi connectivity index (χ0n) is 14.5. The summed E-state index contributed by atoms with van der Waals surface area (Å²) in [6, 6.07) is 20.8. The fourth-order valence-corrected chi connectivity index (χ4v) is 3.09. The molecule has 136 valence electrons. The Balaban J connectivity index is 1.73. The van der Waals surface area contributed by atoms with Crippen LogP contribution >= 0.6 is 23.2 Å². The van der Waals surface area contributed by atoms with Crippen LogP contribution in [0.5, 0.6) is 5.75 Å². The monoisotopic (exact) mass is 398 g/mol. The molecule has 6 heteroatoms. The second-order valence-corrected chi connectivity index (χ2v) is 6.86.